The molecule has 1 aliphatic rings. The minimum atomic E-state index is -0.626. The highest BCUT2D eigenvalue weighted by atomic mass is 32.2. The number of benzene rings is 1. The van der Waals surface area contributed by atoms with Gasteiger partial charge in [0.2, 0.25) is 0 Å². The van der Waals surface area contributed by atoms with Crippen molar-refractivity contribution in [2.45, 2.75) is 19.8 Å². The summed E-state index contributed by atoms with van der Waals surface area (Å²) >= 11 is 6.46. The molecule has 1 aliphatic heterocycles. The topological polar surface area (TPSA) is 103 Å². The molecule has 160 valence electrons. The Hall–Kier alpha value is -3.24. The van der Waals surface area contributed by atoms with Crippen LogP contribution < -0.4 is 4.90 Å². The van der Waals surface area contributed by atoms with E-state index in [1.807, 2.05) is 6.92 Å². The summed E-state index contributed by atoms with van der Waals surface area (Å²) in [6.45, 7) is 2.38. The lowest BCUT2D eigenvalue weighted by molar-refractivity contribution is -0.402. The van der Waals surface area contributed by atoms with Crippen LogP contribution in [0, 0.1) is 10.1 Å². The van der Waals surface area contributed by atoms with Crippen LogP contribution in [0.4, 0.5) is 11.6 Å². The number of ether oxygens (including phenoxy) is 1. The zero-order valence-corrected chi connectivity index (χ0v) is 18.1. The summed E-state index contributed by atoms with van der Waals surface area (Å²) in [4.78, 5) is 36.6. The van der Waals surface area contributed by atoms with Gasteiger partial charge in [-0.05, 0) is 48.9 Å². The summed E-state index contributed by atoms with van der Waals surface area (Å²) in [7, 11) is 0. The van der Waals surface area contributed by atoms with E-state index in [9.17, 15) is 19.7 Å². The normalized spacial score (nSPS) is 15.3. The molecule has 31 heavy (non-hydrogen) atoms. The maximum atomic E-state index is 12.8. The van der Waals surface area contributed by atoms with Crippen molar-refractivity contribution in [1.29, 1.82) is 0 Å². The van der Waals surface area contributed by atoms with E-state index < -0.39 is 10.9 Å². The van der Waals surface area contributed by atoms with Crippen LogP contribution >= 0.6 is 24.0 Å². The first-order valence-electron chi connectivity index (χ1n) is 9.36. The Morgan fingerprint density at radius 2 is 2.03 bits per heavy atom. The minimum absolute atomic E-state index is 0.292. The van der Waals surface area contributed by atoms with E-state index in [0.717, 1.165) is 24.6 Å². The van der Waals surface area contributed by atoms with Crippen molar-refractivity contribution >= 4 is 57.8 Å². The molecular weight excluding hydrogens is 440 g/mol. The van der Waals surface area contributed by atoms with Gasteiger partial charge in [-0.25, -0.2) is 4.79 Å². The fourth-order valence-corrected chi connectivity index (χ4v) is 3.85. The first kappa shape index (κ1) is 22.4. The number of hydrogen-bond acceptors (Lipinski definition) is 8. The van der Waals surface area contributed by atoms with Crippen LogP contribution in [0.25, 0.3) is 6.08 Å². The van der Waals surface area contributed by atoms with E-state index in [1.54, 1.807) is 36.4 Å². The molecule has 0 aliphatic carbocycles. The van der Waals surface area contributed by atoms with Gasteiger partial charge in [0, 0.05) is 0 Å². The Balaban J connectivity index is 1.68. The average Bonchev–Trinajstić information content (AvgIpc) is 3.33. The van der Waals surface area contributed by atoms with E-state index in [-0.39, 0.29) is 11.8 Å². The molecule has 0 N–H and O–H groups in total. The second-order valence-electron chi connectivity index (χ2n) is 6.37. The van der Waals surface area contributed by atoms with Gasteiger partial charge in [-0.3, -0.25) is 19.8 Å². The molecule has 0 spiro atoms. The van der Waals surface area contributed by atoms with Gasteiger partial charge < -0.3 is 9.15 Å². The predicted octanol–water partition coefficient (Wildman–Crippen LogP) is 5.11. The third-order valence-electron chi connectivity index (χ3n) is 4.19. The predicted molar refractivity (Wildman–Crippen MR) is 122 cm³/mol. The summed E-state index contributed by atoms with van der Waals surface area (Å²) in [5.74, 6) is -0.777. The van der Waals surface area contributed by atoms with Gasteiger partial charge in [0.1, 0.15) is 10.7 Å². The number of anilines is 1. The summed E-state index contributed by atoms with van der Waals surface area (Å²) in [5, 5.41) is 10.6. The van der Waals surface area contributed by atoms with Crippen molar-refractivity contribution in [3.05, 3.63) is 74.9 Å². The Morgan fingerprint density at radius 1 is 1.29 bits per heavy atom. The van der Waals surface area contributed by atoms with Crippen molar-refractivity contribution in [3.8, 4) is 0 Å². The van der Waals surface area contributed by atoms with Gasteiger partial charge in [0.25, 0.3) is 5.91 Å². The largest absolute Gasteiger partial charge is 0.462 e. The lowest BCUT2D eigenvalue weighted by atomic mass is 10.2. The number of nitro groups is 1. The van der Waals surface area contributed by atoms with E-state index in [4.69, 9.17) is 21.4 Å². The lowest BCUT2D eigenvalue weighted by Crippen LogP contribution is -2.27. The fraction of sp³-hybridized carbons (Fsp3) is 0.190. The van der Waals surface area contributed by atoms with Gasteiger partial charge in [-0.15, -0.1) is 0 Å². The standard InChI is InChI=1S/C21H18N2O6S2/c1-2-3-13-28-20(25)14-7-9-15(10-8-14)22-19(24)17(31-21(22)30)6-4-5-16-11-12-18(29-16)23(26)27/h4-12H,2-3,13H2,1H3/b5-4+,17-6-. The van der Waals surface area contributed by atoms with E-state index in [0.29, 0.717) is 32.8 Å². The number of allylic oxidation sites excluding steroid dienone is 2. The Labute approximate surface area is 187 Å². The molecular formula is C21H18N2O6S2. The molecule has 0 atom stereocenters. The molecule has 0 radical (unpaired) electrons. The number of esters is 1. The molecule has 1 saturated heterocycles. The molecule has 0 saturated carbocycles. The number of rotatable bonds is 8. The fourth-order valence-electron chi connectivity index (χ4n) is 2.60. The number of carbonyl (C=O) groups is 2. The molecule has 8 nitrogen and oxygen atoms in total. The van der Waals surface area contributed by atoms with Crippen LogP contribution in [0.3, 0.4) is 0 Å². The van der Waals surface area contributed by atoms with Crippen LogP contribution in [0.2, 0.25) is 0 Å². The van der Waals surface area contributed by atoms with Crippen molar-refractivity contribution in [2.24, 2.45) is 0 Å². The van der Waals surface area contributed by atoms with Gasteiger partial charge in [0.05, 0.1) is 28.8 Å². The van der Waals surface area contributed by atoms with E-state index in [2.05, 4.69) is 0 Å². The molecule has 2 heterocycles. The molecule has 1 aromatic heterocycles. The van der Waals surface area contributed by atoms with E-state index >= 15 is 0 Å². The number of carbonyl (C=O) groups excluding carboxylic acids is 2. The molecule has 0 bridgehead atoms. The third-order valence-corrected chi connectivity index (χ3v) is 5.51. The Bertz CT molecular complexity index is 1070. The van der Waals surface area contributed by atoms with Crippen molar-refractivity contribution in [3.63, 3.8) is 0 Å². The highest BCUT2D eigenvalue weighted by molar-refractivity contribution is 8.27. The van der Waals surface area contributed by atoms with E-state index in [1.165, 1.54) is 23.1 Å². The highest BCUT2D eigenvalue weighted by Gasteiger charge is 2.33. The molecule has 3 rings (SSSR count). The number of amides is 1. The van der Waals surface area contributed by atoms with Gasteiger partial charge >= 0.3 is 11.9 Å². The van der Waals surface area contributed by atoms with Gasteiger partial charge in [-0.1, -0.05) is 43.4 Å². The zero-order valence-electron chi connectivity index (χ0n) is 16.5. The second kappa shape index (κ2) is 10.2. The van der Waals surface area contributed by atoms with Crippen molar-refractivity contribution < 1.29 is 23.7 Å². The van der Waals surface area contributed by atoms with Crippen LogP contribution in [0.5, 0.6) is 0 Å². The molecule has 1 amide bonds. The van der Waals surface area contributed by atoms with Gasteiger partial charge in [0.15, 0.2) is 4.32 Å². The summed E-state index contributed by atoms with van der Waals surface area (Å²) in [5.41, 5.74) is 0.943. The summed E-state index contributed by atoms with van der Waals surface area (Å²) in [6, 6.07) is 9.18. The Morgan fingerprint density at radius 3 is 2.68 bits per heavy atom. The molecule has 1 aromatic carbocycles. The van der Waals surface area contributed by atoms with Gasteiger partial charge in [-0.2, -0.15) is 0 Å². The smallest absolute Gasteiger partial charge is 0.433 e. The Kier molecular flexibility index (Phi) is 7.37. The average molecular weight is 459 g/mol. The summed E-state index contributed by atoms with van der Waals surface area (Å²) < 4.78 is 10.6. The number of furan rings is 1. The quantitative estimate of drug-likeness (QED) is 0.134. The summed E-state index contributed by atoms with van der Waals surface area (Å²) in [6.07, 6.45) is 6.37. The lowest BCUT2D eigenvalue weighted by Gasteiger charge is -2.14. The zero-order chi connectivity index (χ0) is 22.4. The SMILES string of the molecule is CCCCOC(=O)c1ccc(N2C(=O)/C(=C/C=C/c3ccc([N+](=O)[O-])o3)SC2=S)cc1. The maximum Gasteiger partial charge on any atom is 0.433 e. The monoisotopic (exact) mass is 458 g/mol. The van der Waals surface area contributed by atoms with Crippen LogP contribution in [0.1, 0.15) is 35.9 Å². The number of nitrogens with zero attached hydrogens (tertiary/aromatic N) is 2. The van der Waals surface area contributed by atoms with Crippen molar-refractivity contribution in [1.82, 2.24) is 0 Å². The van der Waals surface area contributed by atoms with Crippen LogP contribution in [-0.4, -0.2) is 27.7 Å². The highest BCUT2D eigenvalue weighted by Crippen LogP contribution is 2.35. The minimum Gasteiger partial charge on any atom is -0.462 e. The first-order chi connectivity index (χ1) is 14.9. The molecule has 1 fully saturated rings. The molecule has 0 unspecified atom stereocenters. The molecule has 2 aromatic rings. The first-order valence-corrected chi connectivity index (χ1v) is 10.6. The number of hydrogen-bond donors (Lipinski definition) is 0. The van der Waals surface area contributed by atoms with Crippen LogP contribution in [0.15, 0.2) is 57.9 Å². The van der Waals surface area contributed by atoms with Crippen molar-refractivity contribution in [2.75, 3.05) is 11.5 Å². The molecule has 10 heteroatoms. The number of thiocarbonyl (C=S) groups is 1. The second-order valence-corrected chi connectivity index (χ2v) is 8.04. The maximum absolute atomic E-state index is 12.8. The third kappa shape index (κ3) is 5.47. The number of unbranched alkanes of at least 4 members (excludes halogenated alkanes) is 1. The number of thioether (sulfide) groups is 1. The van der Waals surface area contributed by atoms with Crippen LogP contribution in [-0.2, 0) is 9.53 Å².